The molecule has 1 fully saturated rings. The number of rotatable bonds is 4. The van der Waals surface area contributed by atoms with Crippen LogP contribution in [0.4, 0.5) is 23.8 Å². The number of piperazine rings is 1. The number of nitrogens with one attached hydrogen (secondary N) is 1. The average molecular weight is 482 g/mol. The fourth-order valence-electron chi connectivity index (χ4n) is 3.34. The van der Waals surface area contributed by atoms with Gasteiger partial charge >= 0.3 is 12.2 Å². The van der Waals surface area contributed by atoms with Gasteiger partial charge in [0.1, 0.15) is 10.8 Å². The van der Waals surface area contributed by atoms with E-state index in [0.29, 0.717) is 32.7 Å². The summed E-state index contributed by atoms with van der Waals surface area (Å²) < 4.78 is 38.4. The Bertz CT molecular complexity index is 1080. The van der Waals surface area contributed by atoms with Crippen molar-refractivity contribution in [2.24, 2.45) is 0 Å². The summed E-state index contributed by atoms with van der Waals surface area (Å²) in [5.74, 6) is 0.288. The molecular weight excluding hydrogens is 463 g/mol. The molecule has 0 aliphatic carbocycles. The fraction of sp³-hybridized carbons (Fsp3) is 0.286. The van der Waals surface area contributed by atoms with Gasteiger partial charge in [0.05, 0.1) is 22.8 Å². The highest BCUT2D eigenvalue weighted by molar-refractivity contribution is 7.09. The number of amides is 2. The van der Waals surface area contributed by atoms with E-state index in [4.69, 9.17) is 11.6 Å². The highest BCUT2D eigenvalue weighted by Gasteiger charge is 2.32. The second-order valence-corrected chi connectivity index (χ2v) is 8.50. The van der Waals surface area contributed by atoms with E-state index in [9.17, 15) is 18.0 Å². The molecule has 32 heavy (non-hydrogen) atoms. The number of nitrogens with zero attached hydrogens (tertiary/aromatic N) is 4. The number of hydrogen-bond acceptors (Lipinski definition) is 5. The van der Waals surface area contributed by atoms with Crippen LogP contribution >= 0.6 is 22.9 Å². The Kier molecular flexibility index (Phi) is 6.52. The van der Waals surface area contributed by atoms with Crippen LogP contribution in [0, 0.1) is 0 Å². The molecule has 1 aliphatic heterocycles. The van der Waals surface area contributed by atoms with Gasteiger partial charge < -0.3 is 15.1 Å². The number of carbonyl (C=O) groups is 1. The van der Waals surface area contributed by atoms with Gasteiger partial charge in [-0.2, -0.15) is 13.2 Å². The third-order valence-corrected chi connectivity index (χ3v) is 6.15. The Balaban J connectivity index is 1.29. The summed E-state index contributed by atoms with van der Waals surface area (Å²) in [5, 5.41) is 5.57. The molecule has 3 aromatic rings. The normalized spacial score (nSPS) is 14.5. The van der Waals surface area contributed by atoms with E-state index in [1.165, 1.54) is 11.3 Å². The minimum Gasteiger partial charge on any atom is -0.352 e. The molecule has 0 saturated carbocycles. The molecule has 4 rings (SSSR count). The van der Waals surface area contributed by atoms with Gasteiger partial charge in [-0.05, 0) is 6.07 Å². The Hall–Kier alpha value is -2.85. The summed E-state index contributed by atoms with van der Waals surface area (Å²) in [5.41, 5.74) is 1.00. The zero-order valence-corrected chi connectivity index (χ0v) is 18.3. The Morgan fingerprint density at radius 3 is 2.53 bits per heavy atom. The van der Waals surface area contributed by atoms with Crippen LogP contribution in [0.1, 0.15) is 10.6 Å². The van der Waals surface area contributed by atoms with Crippen molar-refractivity contribution in [2.45, 2.75) is 12.7 Å². The lowest BCUT2D eigenvalue weighted by molar-refractivity contribution is -0.137. The molecule has 2 amide bonds. The molecule has 11 heteroatoms. The Morgan fingerprint density at radius 1 is 1.16 bits per heavy atom. The van der Waals surface area contributed by atoms with E-state index < -0.39 is 11.7 Å². The topological polar surface area (TPSA) is 61.4 Å². The highest BCUT2D eigenvalue weighted by Crippen LogP contribution is 2.33. The number of aromatic nitrogens is 2. The first-order chi connectivity index (χ1) is 15.3. The highest BCUT2D eigenvalue weighted by atomic mass is 35.5. The molecule has 0 spiro atoms. The third-order valence-electron chi connectivity index (χ3n) is 5.03. The number of halogens is 4. The smallest absolute Gasteiger partial charge is 0.352 e. The van der Waals surface area contributed by atoms with Crippen molar-refractivity contribution in [1.82, 2.24) is 20.2 Å². The molecule has 6 nitrogen and oxygen atoms in total. The zero-order valence-electron chi connectivity index (χ0n) is 16.8. The predicted octanol–water partition coefficient (Wildman–Crippen LogP) is 4.91. The summed E-state index contributed by atoms with van der Waals surface area (Å²) in [6, 6.07) is 10.5. The maximum absolute atomic E-state index is 12.8. The second-order valence-electron chi connectivity index (χ2n) is 7.15. The van der Waals surface area contributed by atoms with Gasteiger partial charge in [-0.15, -0.1) is 11.3 Å². The summed E-state index contributed by atoms with van der Waals surface area (Å²) in [6.07, 6.45) is -3.72. The lowest BCUT2D eigenvalue weighted by Gasteiger charge is -2.35. The zero-order chi connectivity index (χ0) is 22.7. The number of alkyl halides is 3. The molecular formula is C21H19ClF3N5OS. The lowest BCUT2D eigenvalue weighted by atomic mass is 10.2. The molecule has 1 aromatic carbocycles. The summed E-state index contributed by atoms with van der Waals surface area (Å²) in [6.45, 7) is 1.96. The number of urea groups is 1. The quantitative estimate of drug-likeness (QED) is 0.575. The minimum atomic E-state index is -4.49. The van der Waals surface area contributed by atoms with Gasteiger partial charge in [-0.25, -0.2) is 14.8 Å². The van der Waals surface area contributed by atoms with Crippen molar-refractivity contribution in [3.8, 4) is 11.3 Å². The molecule has 0 bridgehead atoms. The van der Waals surface area contributed by atoms with Gasteiger partial charge in [0.2, 0.25) is 0 Å². The molecule has 1 aliphatic rings. The molecule has 1 saturated heterocycles. The Morgan fingerprint density at radius 2 is 1.88 bits per heavy atom. The van der Waals surface area contributed by atoms with E-state index in [-0.39, 0.29) is 16.9 Å². The maximum Gasteiger partial charge on any atom is 0.417 e. The molecule has 168 valence electrons. The van der Waals surface area contributed by atoms with Crippen molar-refractivity contribution in [2.75, 3.05) is 31.1 Å². The molecule has 3 heterocycles. The van der Waals surface area contributed by atoms with Crippen molar-refractivity contribution >= 4 is 34.8 Å². The number of pyridine rings is 1. The third kappa shape index (κ3) is 5.13. The summed E-state index contributed by atoms with van der Waals surface area (Å²) in [7, 11) is 0. The van der Waals surface area contributed by atoms with Crippen LogP contribution in [0.15, 0.2) is 48.0 Å². The van der Waals surface area contributed by atoms with E-state index >= 15 is 0 Å². The standard InChI is InChI=1S/C21H19ClF3N5OS/c22-16-10-15(21(23,24)25)11-26-19(16)29-6-8-30(9-7-29)20(31)27-12-18-28-17(13-32-18)14-4-2-1-3-5-14/h1-5,10-11,13H,6-9,12H2,(H,27,31). The van der Waals surface area contributed by atoms with Crippen LogP contribution in [-0.2, 0) is 12.7 Å². The first-order valence-corrected chi connectivity index (χ1v) is 11.1. The van der Waals surface area contributed by atoms with Crippen molar-refractivity contribution < 1.29 is 18.0 Å². The minimum absolute atomic E-state index is 0.0595. The molecule has 0 unspecified atom stereocenters. The Labute approximate surface area is 191 Å². The lowest BCUT2D eigenvalue weighted by Crippen LogP contribution is -2.52. The maximum atomic E-state index is 12.8. The van der Waals surface area contributed by atoms with Crippen molar-refractivity contribution in [3.05, 3.63) is 63.6 Å². The number of anilines is 1. The monoisotopic (exact) mass is 481 g/mol. The van der Waals surface area contributed by atoms with E-state index in [1.54, 1.807) is 9.80 Å². The summed E-state index contributed by atoms with van der Waals surface area (Å²) in [4.78, 5) is 24.4. The molecule has 0 atom stereocenters. The molecule has 1 N–H and O–H groups in total. The van der Waals surface area contributed by atoms with Gasteiger partial charge in [0.15, 0.2) is 0 Å². The largest absolute Gasteiger partial charge is 0.417 e. The van der Waals surface area contributed by atoms with E-state index in [2.05, 4.69) is 15.3 Å². The van der Waals surface area contributed by atoms with Gasteiger partial charge in [0.25, 0.3) is 0 Å². The van der Waals surface area contributed by atoms with Crippen LogP contribution in [0.2, 0.25) is 5.02 Å². The van der Waals surface area contributed by atoms with Crippen LogP contribution in [0.5, 0.6) is 0 Å². The molecule has 2 aromatic heterocycles. The first-order valence-electron chi connectivity index (χ1n) is 9.81. The number of thiazole rings is 1. The first kappa shape index (κ1) is 22.3. The number of benzene rings is 1. The van der Waals surface area contributed by atoms with Gasteiger partial charge in [-0.3, -0.25) is 0 Å². The summed E-state index contributed by atoms with van der Waals surface area (Å²) >= 11 is 7.51. The fourth-order valence-corrected chi connectivity index (χ4v) is 4.37. The predicted molar refractivity (Wildman–Crippen MR) is 118 cm³/mol. The van der Waals surface area contributed by atoms with Crippen LogP contribution in [0.3, 0.4) is 0 Å². The van der Waals surface area contributed by atoms with E-state index in [0.717, 1.165) is 28.5 Å². The second kappa shape index (κ2) is 9.33. The van der Waals surface area contributed by atoms with Gasteiger partial charge in [0, 0.05) is 43.3 Å². The average Bonchev–Trinajstić information content (AvgIpc) is 3.27. The van der Waals surface area contributed by atoms with Crippen molar-refractivity contribution in [3.63, 3.8) is 0 Å². The van der Waals surface area contributed by atoms with Gasteiger partial charge in [-0.1, -0.05) is 41.9 Å². The van der Waals surface area contributed by atoms with Crippen LogP contribution in [-0.4, -0.2) is 47.1 Å². The van der Waals surface area contributed by atoms with Crippen LogP contribution in [0.25, 0.3) is 11.3 Å². The van der Waals surface area contributed by atoms with E-state index in [1.807, 2.05) is 35.7 Å². The SMILES string of the molecule is O=C(NCc1nc(-c2ccccc2)cs1)N1CCN(c2ncc(C(F)(F)F)cc2Cl)CC1. The number of hydrogen-bond donors (Lipinski definition) is 1. The number of carbonyl (C=O) groups excluding carboxylic acids is 1. The van der Waals surface area contributed by atoms with Crippen LogP contribution < -0.4 is 10.2 Å². The molecule has 0 radical (unpaired) electrons. The van der Waals surface area contributed by atoms with Crippen molar-refractivity contribution in [1.29, 1.82) is 0 Å².